The smallest absolute Gasteiger partial charge is 0.258 e. The molecule has 0 spiro atoms. The van der Waals surface area contributed by atoms with Crippen LogP contribution in [0.15, 0.2) is 49.2 Å². The lowest BCUT2D eigenvalue weighted by atomic mass is 10.1. The molecule has 1 fully saturated rings. The first-order valence-corrected chi connectivity index (χ1v) is 11.4. The van der Waals surface area contributed by atoms with Crippen LogP contribution >= 0.6 is 0 Å². The van der Waals surface area contributed by atoms with Gasteiger partial charge in [0.1, 0.15) is 25.4 Å². The quantitative estimate of drug-likeness (QED) is 0.455. The van der Waals surface area contributed by atoms with Crippen LogP contribution in [-0.2, 0) is 0 Å². The maximum Gasteiger partial charge on any atom is 0.258 e. The molecule has 0 radical (unpaired) electrons. The third-order valence-electron chi connectivity index (χ3n) is 6.48. The number of anilines is 1. The Bertz CT molecular complexity index is 1440. The molecule has 6 rings (SSSR count). The molecule has 1 aliphatic heterocycles. The molecule has 3 heterocycles. The average Bonchev–Trinajstić information content (AvgIpc) is 3.43. The monoisotopic (exact) mass is 476 g/mol. The van der Waals surface area contributed by atoms with E-state index in [0.29, 0.717) is 40.0 Å². The topological polar surface area (TPSA) is 86.9 Å². The van der Waals surface area contributed by atoms with Crippen LogP contribution in [0.3, 0.4) is 0 Å². The largest absolute Gasteiger partial charge is 0.488 e. The number of benzene rings is 2. The standard InChI is InChI=1S/C25H22F2N6O2/c1-14-7-19(27)18(8-22(14)32-10-21(28-12-32)15-5-6-15)25(34)30-20-4-2-3-17-23(20)35-11-16(9-26)33-13-29-31-24(17)33/h2-4,7-8,10,12-13,15-16H,5-6,9,11H2,1H3,(H,30,34)/t16-/m1/s1. The van der Waals surface area contributed by atoms with Crippen molar-refractivity contribution in [3.8, 4) is 22.8 Å². The molecule has 1 N–H and O–H groups in total. The van der Waals surface area contributed by atoms with Crippen molar-refractivity contribution >= 4 is 11.6 Å². The number of imidazole rings is 1. The number of ether oxygens (including phenoxy) is 1. The second-order valence-corrected chi connectivity index (χ2v) is 8.92. The molecule has 2 aliphatic rings. The van der Waals surface area contributed by atoms with Crippen LogP contribution in [-0.4, -0.2) is 43.5 Å². The summed E-state index contributed by atoms with van der Waals surface area (Å²) < 4.78 is 37.8. The summed E-state index contributed by atoms with van der Waals surface area (Å²) >= 11 is 0. The number of hydrogen-bond acceptors (Lipinski definition) is 5. The van der Waals surface area contributed by atoms with E-state index in [9.17, 15) is 13.6 Å². The second kappa shape index (κ2) is 8.30. The molecule has 0 unspecified atom stereocenters. The van der Waals surface area contributed by atoms with Crippen molar-refractivity contribution in [3.63, 3.8) is 0 Å². The summed E-state index contributed by atoms with van der Waals surface area (Å²) in [4.78, 5) is 17.7. The van der Waals surface area contributed by atoms with E-state index < -0.39 is 24.4 Å². The Kier molecular flexibility index (Phi) is 5.09. The van der Waals surface area contributed by atoms with Crippen molar-refractivity contribution in [2.45, 2.75) is 31.7 Å². The number of carbonyl (C=O) groups excluding carboxylic acids is 1. The SMILES string of the molecule is Cc1cc(F)c(C(=O)Nc2cccc3c2OC[C@@H](CF)n2cnnc2-3)cc1-n1cnc(C2CC2)c1. The van der Waals surface area contributed by atoms with Crippen molar-refractivity contribution in [3.05, 3.63) is 71.8 Å². The predicted molar refractivity (Wildman–Crippen MR) is 124 cm³/mol. The molecule has 1 atom stereocenters. The number of amides is 1. The summed E-state index contributed by atoms with van der Waals surface area (Å²) in [6.07, 6.45) is 7.33. The number of fused-ring (bicyclic) bond motifs is 3. The number of nitrogens with zero attached hydrogens (tertiary/aromatic N) is 5. The summed E-state index contributed by atoms with van der Waals surface area (Å²) in [5, 5.41) is 10.8. The van der Waals surface area contributed by atoms with Gasteiger partial charge in [-0.3, -0.25) is 4.79 Å². The lowest BCUT2D eigenvalue weighted by molar-refractivity contribution is 0.102. The number of nitrogens with one attached hydrogen (secondary N) is 1. The van der Waals surface area contributed by atoms with E-state index >= 15 is 0 Å². The highest BCUT2D eigenvalue weighted by molar-refractivity contribution is 6.06. The fourth-order valence-corrected chi connectivity index (χ4v) is 4.41. The van der Waals surface area contributed by atoms with Gasteiger partial charge in [-0.25, -0.2) is 13.8 Å². The van der Waals surface area contributed by atoms with Crippen LogP contribution in [0.25, 0.3) is 17.1 Å². The van der Waals surface area contributed by atoms with Gasteiger partial charge in [0.15, 0.2) is 11.6 Å². The Hall–Kier alpha value is -4.08. The van der Waals surface area contributed by atoms with E-state index in [1.807, 2.05) is 10.8 Å². The van der Waals surface area contributed by atoms with Crippen molar-refractivity contribution < 1.29 is 18.3 Å². The first-order chi connectivity index (χ1) is 17.0. The second-order valence-electron chi connectivity index (χ2n) is 8.92. The summed E-state index contributed by atoms with van der Waals surface area (Å²) in [6, 6.07) is 7.40. The van der Waals surface area contributed by atoms with Crippen LogP contribution in [0.1, 0.15) is 46.4 Å². The van der Waals surface area contributed by atoms with E-state index in [-0.39, 0.29) is 12.2 Å². The van der Waals surface area contributed by atoms with Gasteiger partial charge in [-0.05, 0) is 49.6 Å². The summed E-state index contributed by atoms with van der Waals surface area (Å²) in [6.45, 7) is 1.17. The molecule has 1 aliphatic carbocycles. The van der Waals surface area contributed by atoms with Crippen molar-refractivity contribution in [1.29, 1.82) is 0 Å². The van der Waals surface area contributed by atoms with Gasteiger partial charge >= 0.3 is 0 Å². The number of hydrogen-bond donors (Lipinski definition) is 1. The number of alkyl halides is 1. The minimum Gasteiger partial charge on any atom is -0.488 e. The number of aromatic nitrogens is 5. The molecule has 10 heteroatoms. The zero-order valence-electron chi connectivity index (χ0n) is 18.9. The lowest BCUT2D eigenvalue weighted by Gasteiger charge is -2.15. The number of para-hydroxylation sites is 1. The van der Waals surface area contributed by atoms with E-state index in [1.54, 1.807) is 36.0 Å². The van der Waals surface area contributed by atoms with Crippen molar-refractivity contribution in [2.75, 3.05) is 18.6 Å². The van der Waals surface area contributed by atoms with Crippen molar-refractivity contribution in [1.82, 2.24) is 24.3 Å². The predicted octanol–water partition coefficient (Wildman–Crippen LogP) is 4.61. The highest BCUT2D eigenvalue weighted by atomic mass is 19.1. The van der Waals surface area contributed by atoms with Crippen LogP contribution in [0.4, 0.5) is 14.5 Å². The summed E-state index contributed by atoms with van der Waals surface area (Å²) in [7, 11) is 0. The van der Waals surface area contributed by atoms with Crippen LogP contribution in [0.5, 0.6) is 5.75 Å². The normalized spacial score (nSPS) is 16.7. The Labute approximate surface area is 199 Å². The van der Waals surface area contributed by atoms with Crippen LogP contribution in [0, 0.1) is 12.7 Å². The molecule has 2 aromatic carbocycles. The van der Waals surface area contributed by atoms with Crippen molar-refractivity contribution in [2.24, 2.45) is 0 Å². The molecule has 1 saturated carbocycles. The minimum atomic E-state index is -0.658. The summed E-state index contributed by atoms with van der Waals surface area (Å²) in [5.74, 6) is -0.00694. The number of rotatable bonds is 5. The van der Waals surface area contributed by atoms with Gasteiger partial charge in [0, 0.05) is 12.1 Å². The van der Waals surface area contributed by atoms with Gasteiger partial charge in [0.25, 0.3) is 5.91 Å². The zero-order chi connectivity index (χ0) is 24.1. The minimum absolute atomic E-state index is 0.0361. The molecule has 1 amide bonds. The van der Waals surface area contributed by atoms with Gasteiger partial charge in [0.2, 0.25) is 0 Å². The Morgan fingerprint density at radius 1 is 1.26 bits per heavy atom. The Morgan fingerprint density at radius 2 is 2.11 bits per heavy atom. The number of aryl methyl sites for hydroxylation is 1. The zero-order valence-corrected chi connectivity index (χ0v) is 18.9. The summed E-state index contributed by atoms with van der Waals surface area (Å²) in [5.41, 5.74) is 3.16. The lowest BCUT2D eigenvalue weighted by Crippen LogP contribution is -2.18. The van der Waals surface area contributed by atoms with Gasteiger partial charge in [-0.1, -0.05) is 6.07 Å². The first-order valence-electron chi connectivity index (χ1n) is 11.4. The fourth-order valence-electron chi connectivity index (χ4n) is 4.41. The molecule has 0 saturated heterocycles. The molecule has 8 nitrogen and oxygen atoms in total. The molecule has 35 heavy (non-hydrogen) atoms. The molecule has 4 aromatic rings. The highest BCUT2D eigenvalue weighted by Gasteiger charge is 2.28. The third kappa shape index (κ3) is 3.74. The molecule has 0 bridgehead atoms. The van der Waals surface area contributed by atoms with Gasteiger partial charge in [-0.15, -0.1) is 10.2 Å². The highest BCUT2D eigenvalue weighted by Crippen LogP contribution is 2.40. The van der Waals surface area contributed by atoms with Gasteiger partial charge in [0.05, 0.1) is 40.6 Å². The fraction of sp³-hybridized carbons (Fsp3) is 0.280. The average molecular weight is 476 g/mol. The molecular weight excluding hydrogens is 454 g/mol. The molecule has 2 aromatic heterocycles. The van der Waals surface area contributed by atoms with Gasteiger partial charge in [-0.2, -0.15) is 0 Å². The van der Waals surface area contributed by atoms with Gasteiger partial charge < -0.3 is 19.2 Å². The van der Waals surface area contributed by atoms with E-state index in [4.69, 9.17) is 4.74 Å². The Balaban J connectivity index is 1.34. The Morgan fingerprint density at radius 3 is 2.91 bits per heavy atom. The van der Waals surface area contributed by atoms with E-state index in [1.165, 1.54) is 18.5 Å². The third-order valence-corrected chi connectivity index (χ3v) is 6.48. The maximum absolute atomic E-state index is 14.9. The van der Waals surface area contributed by atoms with E-state index in [2.05, 4.69) is 20.5 Å². The van der Waals surface area contributed by atoms with E-state index in [0.717, 1.165) is 18.5 Å². The molecule has 178 valence electrons. The maximum atomic E-state index is 14.9. The first kappa shape index (κ1) is 21.5. The number of carbonyl (C=O) groups is 1. The molecular formula is C25H22F2N6O2. The number of halogens is 2. The van der Waals surface area contributed by atoms with Crippen LogP contribution < -0.4 is 10.1 Å². The van der Waals surface area contributed by atoms with Crippen LogP contribution in [0.2, 0.25) is 0 Å².